The first-order valence-electron chi connectivity index (χ1n) is 5.44. The fourth-order valence-corrected chi connectivity index (χ4v) is 1.67. The largest absolute Gasteiger partial charge is 0.476 e. The first-order valence-corrected chi connectivity index (χ1v) is 5.44. The van der Waals surface area contributed by atoms with Crippen molar-refractivity contribution in [2.45, 2.75) is 26.4 Å². The molecule has 0 saturated heterocycles. The fourth-order valence-electron chi connectivity index (χ4n) is 1.67. The molecule has 0 atom stereocenters. The zero-order chi connectivity index (χ0) is 12.3. The van der Waals surface area contributed by atoms with E-state index in [0.717, 1.165) is 18.7 Å². The van der Waals surface area contributed by atoms with Gasteiger partial charge in [-0.2, -0.15) is 0 Å². The molecule has 17 heavy (non-hydrogen) atoms. The number of carbonyl (C=O) groups is 1. The van der Waals surface area contributed by atoms with Gasteiger partial charge in [0.15, 0.2) is 5.69 Å². The van der Waals surface area contributed by atoms with Gasteiger partial charge in [-0.3, -0.25) is 0 Å². The summed E-state index contributed by atoms with van der Waals surface area (Å²) >= 11 is 0. The average molecular weight is 234 g/mol. The molecule has 0 saturated carbocycles. The minimum Gasteiger partial charge on any atom is -0.476 e. The summed E-state index contributed by atoms with van der Waals surface area (Å²) in [4.78, 5) is 18.6. The molecule has 0 bridgehead atoms. The molecule has 0 radical (unpaired) electrons. The number of carboxylic acids is 1. The van der Waals surface area contributed by atoms with Crippen molar-refractivity contribution in [3.8, 4) is 0 Å². The Kier molecular flexibility index (Phi) is 3.22. The highest BCUT2D eigenvalue weighted by Crippen LogP contribution is 2.05. The van der Waals surface area contributed by atoms with Crippen LogP contribution in [0.2, 0.25) is 0 Å². The first-order chi connectivity index (χ1) is 8.20. The van der Waals surface area contributed by atoms with Gasteiger partial charge in [-0.05, 0) is 6.42 Å². The van der Waals surface area contributed by atoms with Crippen LogP contribution in [0.4, 0.5) is 0 Å². The zero-order valence-electron chi connectivity index (χ0n) is 9.58. The summed E-state index contributed by atoms with van der Waals surface area (Å²) in [6, 6.07) is 0. The number of aromatic nitrogens is 4. The van der Waals surface area contributed by atoms with Crippen LogP contribution in [-0.2, 0) is 13.1 Å². The van der Waals surface area contributed by atoms with E-state index < -0.39 is 5.97 Å². The lowest BCUT2D eigenvalue weighted by atomic mass is 10.4. The quantitative estimate of drug-likeness (QED) is 0.844. The SMILES string of the molecule is CCCn1cncc1Cn1cnc(C(=O)O)c1. The third-order valence-electron chi connectivity index (χ3n) is 2.46. The summed E-state index contributed by atoms with van der Waals surface area (Å²) in [6.07, 6.45) is 7.65. The van der Waals surface area contributed by atoms with Gasteiger partial charge in [0.25, 0.3) is 0 Å². The molecule has 2 aromatic rings. The number of rotatable bonds is 5. The second kappa shape index (κ2) is 4.82. The Labute approximate surface area is 98.5 Å². The average Bonchev–Trinajstić information content (AvgIpc) is 2.90. The Bertz CT molecular complexity index is 515. The van der Waals surface area contributed by atoms with E-state index >= 15 is 0 Å². The second-order valence-electron chi connectivity index (χ2n) is 3.81. The predicted molar refractivity (Wildman–Crippen MR) is 60.8 cm³/mol. The van der Waals surface area contributed by atoms with Crippen molar-refractivity contribution in [1.82, 2.24) is 19.1 Å². The maximum absolute atomic E-state index is 10.7. The van der Waals surface area contributed by atoms with Crippen molar-refractivity contribution >= 4 is 5.97 Å². The Morgan fingerprint density at radius 2 is 2.29 bits per heavy atom. The molecule has 2 rings (SSSR count). The Hall–Kier alpha value is -2.11. The Morgan fingerprint density at radius 1 is 1.47 bits per heavy atom. The highest BCUT2D eigenvalue weighted by atomic mass is 16.4. The van der Waals surface area contributed by atoms with Crippen molar-refractivity contribution in [3.05, 3.63) is 36.4 Å². The van der Waals surface area contributed by atoms with Crippen molar-refractivity contribution in [2.24, 2.45) is 0 Å². The summed E-state index contributed by atoms with van der Waals surface area (Å²) in [6.45, 7) is 3.60. The van der Waals surface area contributed by atoms with Crippen LogP contribution in [0.3, 0.4) is 0 Å². The molecule has 0 spiro atoms. The van der Waals surface area contributed by atoms with Gasteiger partial charge in [0.2, 0.25) is 0 Å². The molecule has 6 nitrogen and oxygen atoms in total. The molecule has 0 fully saturated rings. The van der Waals surface area contributed by atoms with Gasteiger partial charge in [-0.15, -0.1) is 0 Å². The van der Waals surface area contributed by atoms with Gasteiger partial charge in [0.05, 0.1) is 24.9 Å². The molecule has 0 aromatic carbocycles. The van der Waals surface area contributed by atoms with Gasteiger partial charge >= 0.3 is 5.97 Å². The van der Waals surface area contributed by atoms with Gasteiger partial charge in [0, 0.05) is 18.9 Å². The number of carboxylic acid groups (broad SMARTS) is 1. The summed E-state index contributed by atoms with van der Waals surface area (Å²) in [5.41, 5.74) is 1.10. The van der Waals surface area contributed by atoms with E-state index in [1.54, 1.807) is 17.1 Å². The summed E-state index contributed by atoms with van der Waals surface area (Å²) in [5.74, 6) is -1.01. The van der Waals surface area contributed by atoms with Gasteiger partial charge in [0.1, 0.15) is 0 Å². The van der Waals surface area contributed by atoms with Crippen LogP contribution in [0.5, 0.6) is 0 Å². The minimum atomic E-state index is -1.01. The van der Waals surface area contributed by atoms with Crippen LogP contribution >= 0.6 is 0 Å². The molecule has 1 N–H and O–H groups in total. The molecule has 0 unspecified atom stereocenters. The molecule has 2 heterocycles. The fraction of sp³-hybridized carbons (Fsp3) is 0.364. The van der Waals surface area contributed by atoms with Crippen molar-refractivity contribution in [2.75, 3.05) is 0 Å². The predicted octanol–water partition coefficient (Wildman–Crippen LogP) is 1.24. The maximum Gasteiger partial charge on any atom is 0.356 e. The van der Waals surface area contributed by atoms with Gasteiger partial charge in [-0.25, -0.2) is 14.8 Å². The Balaban J connectivity index is 2.13. The topological polar surface area (TPSA) is 72.9 Å². The molecule has 0 aliphatic carbocycles. The van der Waals surface area contributed by atoms with Crippen molar-refractivity contribution < 1.29 is 9.90 Å². The minimum absolute atomic E-state index is 0.0616. The molecule has 90 valence electrons. The summed E-state index contributed by atoms with van der Waals surface area (Å²) in [5, 5.41) is 8.77. The third kappa shape index (κ3) is 2.52. The summed E-state index contributed by atoms with van der Waals surface area (Å²) < 4.78 is 3.80. The molecule has 2 aromatic heterocycles. The second-order valence-corrected chi connectivity index (χ2v) is 3.81. The van der Waals surface area contributed by atoms with Crippen LogP contribution in [0.15, 0.2) is 25.0 Å². The van der Waals surface area contributed by atoms with Crippen LogP contribution in [0, 0.1) is 0 Å². The lowest BCUT2D eigenvalue weighted by Gasteiger charge is -2.06. The van der Waals surface area contributed by atoms with Gasteiger partial charge < -0.3 is 14.2 Å². The van der Waals surface area contributed by atoms with E-state index in [0.29, 0.717) is 6.54 Å². The highest BCUT2D eigenvalue weighted by molar-refractivity contribution is 5.84. The van der Waals surface area contributed by atoms with E-state index in [4.69, 9.17) is 5.11 Å². The van der Waals surface area contributed by atoms with E-state index in [2.05, 4.69) is 21.5 Å². The molecular formula is C11H14N4O2. The summed E-state index contributed by atoms with van der Waals surface area (Å²) in [7, 11) is 0. The standard InChI is InChI=1S/C11H14N4O2/c1-2-3-15-7-12-4-9(15)5-14-6-10(11(16)17)13-8-14/h4,6-8H,2-3,5H2,1H3,(H,16,17). The highest BCUT2D eigenvalue weighted by Gasteiger charge is 2.08. The smallest absolute Gasteiger partial charge is 0.356 e. The third-order valence-corrected chi connectivity index (χ3v) is 2.46. The zero-order valence-corrected chi connectivity index (χ0v) is 9.58. The first kappa shape index (κ1) is 11.4. The van der Waals surface area contributed by atoms with Crippen LogP contribution in [0.25, 0.3) is 0 Å². The number of aromatic carboxylic acids is 1. The molecule has 6 heteroatoms. The number of hydrogen-bond acceptors (Lipinski definition) is 3. The Morgan fingerprint density at radius 3 is 2.94 bits per heavy atom. The van der Waals surface area contributed by atoms with Gasteiger partial charge in [-0.1, -0.05) is 6.92 Å². The van der Waals surface area contributed by atoms with Crippen molar-refractivity contribution in [1.29, 1.82) is 0 Å². The van der Waals surface area contributed by atoms with Crippen LogP contribution in [-0.4, -0.2) is 30.2 Å². The maximum atomic E-state index is 10.7. The molecular weight excluding hydrogens is 220 g/mol. The number of nitrogens with zero attached hydrogens (tertiary/aromatic N) is 4. The monoisotopic (exact) mass is 234 g/mol. The molecule has 0 amide bonds. The van der Waals surface area contributed by atoms with E-state index in [1.165, 1.54) is 12.5 Å². The molecule has 0 aliphatic heterocycles. The van der Waals surface area contributed by atoms with Crippen LogP contribution in [0.1, 0.15) is 29.5 Å². The molecule has 0 aliphatic rings. The number of hydrogen-bond donors (Lipinski definition) is 1. The normalized spacial score (nSPS) is 10.6. The van der Waals surface area contributed by atoms with Crippen LogP contribution < -0.4 is 0 Å². The number of aryl methyl sites for hydroxylation is 1. The van der Waals surface area contributed by atoms with Crippen molar-refractivity contribution in [3.63, 3.8) is 0 Å². The van der Waals surface area contributed by atoms with E-state index in [9.17, 15) is 4.79 Å². The lowest BCUT2D eigenvalue weighted by Crippen LogP contribution is -2.05. The lowest BCUT2D eigenvalue weighted by molar-refractivity contribution is 0.0691. The van der Waals surface area contributed by atoms with E-state index in [-0.39, 0.29) is 5.69 Å². The number of imidazole rings is 2. The van der Waals surface area contributed by atoms with E-state index in [1.807, 2.05) is 0 Å².